The first-order valence-electron chi connectivity index (χ1n) is 4.26. The Labute approximate surface area is 79.2 Å². The highest BCUT2D eigenvalue weighted by Crippen LogP contribution is 2.20. The van der Waals surface area contributed by atoms with Crippen LogP contribution in [0, 0.1) is 0 Å². The Kier molecular flexibility index (Phi) is 3.47. The van der Waals surface area contributed by atoms with Crippen LogP contribution < -0.4 is 0 Å². The normalized spacial score (nSPS) is 23.8. The quantitative estimate of drug-likeness (QED) is 0.508. The lowest BCUT2D eigenvalue weighted by Crippen LogP contribution is -2.35. The minimum Gasteiger partial charge on any atom is -0.288 e. The van der Waals surface area contributed by atoms with Gasteiger partial charge < -0.3 is 0 Å². The molecule has 0 radical (unpaired) electrons. The maximum Gasteiger partial charge on any atom is 0.238 e. The van der Waals surface area contributed by atoms with Crippen molar-refractivity contribution in [1.82, 2.24) is 4.47 Å². The highest BCUT2D eigenvalue weighted by atomic mass is 32.2. The molecule has 0 saturated carbocycles. The molecule has 0 aromatic heterocycles. The molecule has 5 heteroatoms. The molecule has 1 aliphatic carbocycles. The number of hydrogen-bond acceptors (Lipinski definition) is 3. The summed E-state index contributed by atoms with van der Waals surface area (Å²) < 4.78 is 24.3. The largest absolute Gasteiger partial charge is 0.288 e. The Morgan fingerprint density at radius 3 is 2.62 bits per heavy atom. The topological polar surface area (TPSA) is 46.6 Å². The molecule has 0 spiro atoms. The lowest BCUT2D eigenvalue weighted by molar-refractivity contribution is -0.0269. The molecule has 76 valence electrons. The summed E-state index contributed by atoms with van der Waals surface area (Å²) in [6, 6.07) is 0. The van der Waals surface area contributed by atoms with Crippen LogP contribution in [-0.2, 0) is 14.9 Å². The summed E-state index contributed by atoms with van der Waals surface area (Å²) >= 11 is 0. The molecule has 0 N–H and O–H groups in total. The van der Waals surface area contributed by atoms with Crippen LogP contribution in [0.15, 0.2) is 12.2 Å². The lowest BCUT2D eigenvalue weighted by Gasteiger charge is -2.23. The number of sulfonamides is 1. The molecule has 1 atom stereocenters. The molecule has 4 nitrogen and oxygen atoms in total. The van der Waals surface area contributed by atoms with Crippen molar-refractivity contribution in [1.29, 1.82) is 0 Å². The molecule has 0 aromatic carbocycles. The van der Waals surface area contributed by atoms with Gasteiger partial charge in [-0.1, -0.05) is 16.6 Å². The maximum absolute atomic E-state index is 11.7. The maximum atomic E-state index is 11.7. The summed E-state index contributed by atoms with van der Waals surface area (Å²) in [5.74, 6) is 0. The smallest absolute Gasteiger partial charge is 0.238 e. The van der Waals surface area contributed by atoms with Crippen LogP contribution in [0.4, 0.5) is 0 Å². The Hall–Kier alpha value is -0.390. The van der Waals surface area contributed by atoms with Crippen molar-refractivity contribution < 1.29 is 13.3 Å². The van der Waals surface area contributed by atoms with E-state index in [4.69, 9.17) is 0 Å². The third kappa shape index (κ3) is 2.30. The minimum absolute atomic E-state index is 0.317. The Balaban J connectivity index is 2.74. The molecule has 13 heavy (non-hydrogen) atoms. The lowest BCUT2D eigenvalue weighted by atomic mass is 10.1. The summed E-state index contributed by atoms with van der Waals surface area (Å²) in [6.07, 6.45) is 6.04. The van der Waals surface area contributed by atoms with Gasteiger partial charge in [-0.2, -0.15) is 0 Å². The van der Waals surface area contributed by atoms with Gasteiger partial charge in [-0.3, -0.25) is 4.84 Å². The zero-order chi connectivity index (χ0) is 9.90. The van der Waals surface area contributed by atoms with Crippen LogP contribution in [0.25, 0.3) is 0 Å². The van der Waals surface area contributed by atoms with Crippen LogP contribution in [0.5, 0.6) is 0 Å². The average molecular weight is 205 g/mol. The summed E-state index contributed by atoms with van der Waals surface area (Å²) in [5.41, 5.74) is 0. The molecule has 0 aliphatic heterocycles. The fourth-order valence-electron chi connectivity index (χ4n) is 1.35. The number of allylic oxidation sites excluding steroid dienone is 2. The van der Waals surface area contributed by atoms with Crippen LogP contribution in [0.3, 0.4) is 0 Å². The van der Waals surface area contributed by atoms with E-state index in [1.807, 2.05) is 12.2 Å². The second-order valence-corrected chi connectivity index (χ2v) is 5.25. The first-order valence-corrected chi connectivity index (χ1v) is 5.76. The van der Waals surface area contributed by atoms with Crippen LogP contribution >= 0.6 is 0 Å². The molecule has 0 heterocycles. The standard InChI is InChI=1S/C8H15NO3S/c1-9(12-2)13(10,11)8-6-4-3-5-7-8/h3-4,8H,5-7H2,1-2H3. The monoisotopic (exact) mass is 205 g/mol. The van der Waals surface area contributed by atoms with E-state index in [1.165, 1.54) is 14.2 Å². The zero-order valence-electron chi connectivity index (χ0n) is 7.93. The molecule has 1 rings (SSSR count). The van der Waals surface area contributed by atoms with E-state index in [9.17, 15) is 8.42 Å². The molecule has 0 bridgehead atoms. The molecule has 0 saturated heterocycles. The molecule has 0 aromatic rings. The molecular formula is C8H15NO3S. The fourth-order valence-corrected chi connectivity index (χ4v) is 2.77. The van der Waals surface area contributed by atoms with Crippen molar-refractivity contribution >= 4 is 10.0 Å². The van der Waals surface area contributed by atoms with Gasteiger partial charge >= 0.3 is 0 Å². The van der Waals surface area contributed by atoms with Crippen molar-refractivity contribution in [3.63, 3.8) is 0 Å². The van der Waals surface area contributed by atoms with Gasteiger partial charge in [0.2, 0.25) is 10.0 Å². The first-order chi connectivity index (χ1) is 6.09. The van der Waals surface area contributed by atoms with Crippen molar-refractivity contribution in [3.05, 3.63) is 12.2 Å². The molecular weight excluding hydrogens is 190 g/mol. The van der Waals surface area contributed by atoms with Gasteiger partial charge in [-0.25, -0.2) is 8.42 Å². The summed E-state index contributed by atoms with van der Waals surface area (Å²) in [6.45, 7) is 0. The number of hydroxylamine groups is 1. The van der Waals surface area contributed by atoms with Crippen LogP contribution in [-0.4, -0.2) is 32.3 Å². The third-order valence-corrected chi connectivity index (χ3v) is 4.39. The number of nitrogens with zero attached hydrogens (tertiary/aromatic N) is 1. The van der Waals surface area contributed by atoms with Crippen molar-refractivity contribution in [2.24, 2.45) is 0 Å². The third-order valence-electron chi connectivity index (χ3n) is 2.26. The Morgan fingerprint density at radius 1 is 1.46 bits per heavy atom. The van der Waals surface area contributed by atoms with Gasteiger partial charge in [0.1, 0.15) is 0 Å². The summed E-state index contributed by atoms with van der Waals surface area (Å²) in [5, 5.41) is -0.317. The number of rotatable bonds is 3. The second kappa shape index (κ2) is 4.21. The van der Waals surface area contributed by atoms with E-state index in [1.54, 1.807) is 0 Å². The Bertz CT molecular complexity index is 284. The first kappa shape index (κ1) is 10.7. The average Bonchev–Trinajstić information content (AvgIpc) is 2.18. The molecule has 1 aliphatic rings. The SMILES string of the molecule is CON(C)S(=O)(=O)C1CC=CCC1. The predicted octanol–water partition coefficient (Wildman–Crippen LogP) is 0.918. The highest BCUT2D eigenvalue weighted by Gasteiger charge is 2.29. The second-order valence-electron chi connectivity index (χ2n) is 3.04. The fraction of sp³-hybridized carbons (Fsp3) is 0.750. The predicted molar refractivity (Wildman–Crippen MR) is 50.5 cm³/mol. The van der Waals surface area contributed by atoms with Gasteiger partial charge in [0, 0.05) is 7.05 Å². The highest BCUT2D eigenvalue weighted by molar-refractivity contribution is 7.89. The van der Waals surface area contributed by atoms with E-state index in [0.29, 0.717) is 12.8 Å². The molecule has 1 unspecified atom stereocenters. The van der Waals surface area contributed by atoms with E-state index in [-0.39, 0.29) is 5.25 Å². The van der Waals surface area contributed by atoms with Gasteiger partial charge in [-0.15, -0.1) is 0 Å². The molecule has 0 fully saturated rings. The van der Waals surface area contributed by atoms with Crippen LogP contribution in [0.2, 0.25) is 0 Å². The summed E-state index contributed by atoms with van der Waals surface area (Å²) in [4.78, 5) is 4.69. The van der Waals surface area contributed by atoms with Crippen molar-refractivity contribution in [3.8, 4) is 0 Å². The van der Waals surface area contributed by atoms with Gasteiger partial charge in [-0.05, 0) is 19.3 Å². The number of hydrogen-bond donors (Lipinski definition) is 0. The van der Waals surface area contributed by atoms with Crippen LogP contribution in [0.1, 0.15) is 19.3 Å². The van der Waals surface area contributed by atoms with Gasteiger partial charge in [0.25, 0.3) is 0 Å². The summed E-state index contributed by atoms with van der Waals surface area (Å²) in [7, 11) is -0.471. The minimum atomic E-state index is -3.25. The van der Waals surface area contributed by atoms with Gasteiger partial charge in [0.15, 0.2) is 0 Å². The van der Waals surface area contributed by atoms with E-state index in [2.05, 4.69) is 4.84 Å². The van der Waals surface area contributed by atoms with Crippen molar-refractivity contribution in [2.45, 2.75) is 24.5 Å². The van der Waals surface area contributed by atoms with Gasteiger partial charge in [0.05, 0.1) is 12.4 Å². The zero-order valence-corrected chi connectivity index (χ0v) is 8.75. The van der Waals surface area contributed by atoms with Crippen molar-refractivity contribution in [2.75, 3.05) is 14.2 Å². The van der Waals surface area contributed by atoms with E-state index >= 15 is 0 Å². The molecule has 0 amide bonds. The van der Waals surface area contributed by atoms with E-state index < -0.39 is 10.0 Å². The van der Waals surface area contributed by atoms with E-state index in [0.717, 1.165) is 10.9 Å². The Morgan fingerprint density at radius 2 is 2.15 bits per heavy atom.